The summed E-state index contributed by atoms with van der Waals surface area (Å²) in [6.07, 6.45) is 2.08. The van der Waals surface area contributed by atoms with E-state index in [9.17, 15) is 4.79 Å². The number of hydrogen-bond acceptors (Lipinski definition) is 2. The molecule has 1 aromatic heterocycles. The average Bonchev–Trinajstić information content (AvgIpc) is 2.52. The van der Waals surface area contributed by atoms with Gasteiger partial charge in [0.25, 0.3) is 0 Å². The van der Waals surface area contributed by atoms with Crippen molar-refractivity contribution in [2.24, 2.45) is 0 Å². The maximum Gasteiger partial charge on any atom is 0.0932 e. The van der Waals surface area contributed by atoms with Gasteiger partial charge in [-0.1, -0.05) is 19.8 Å². The number of rotatable bonds is 4. The molecule has 14 heavy (non-hydrogen) atoms. The van der Waals surface area contributed by atoms with E-state index in [-0.39, 0.29) is 38.6 Å². The predicted molar refractivity (Wildman–Crippen MR) is 64.5 cm³/mol. The molecule has 0 fully saturated rings. The monoisotopic (exact) mass is 397 g/mol. The second-order valence-electron chi connectivity index (χ2n) is 2.64. The van der Waals surface area contributed by atoms with E-state index in [1.807, 2.05) is 11.4 Å². The number of hydrogen-bond donors (Lipinski definition) is 0. The van der Waals surface area contributed by atoms with Gasteiger partial charge < -0.3 is 10.1 Å². The van der Waals surface area contributed by atoms with Gasteiger partial charge in [-0.3, -0.25) is 0 Å². The number of unbranched alkanes of at least 4 members (excludes halogenated alkanes) is 1. The van der Waals surface area contributed by atoms with Crippen LogP contribution in [0, 0.1) is 3.57 Å². The smallest absolute Gasteiger partial charge is 0.0932 e. The summed E-state index contributed by atoms with van der Waals surface area (Å²) in [6, 6.07) is 1.94. The summed E-state index contributed by atoms with van der Waals surface area (Å²) in [4.78, 5) is 12.2. The molecule has 1 heterocycles. The van der Waals surface area contributed by atoms with Crippen LogP contribution in [0.5, 0.6) is 0 Å². The van der Waals surface area contributed by atoms with Gasteiger partial charge in [-0.25, -0.2) is 0 Å². The van der Waals surface area contributed by atoms with Crippen LogP contribution in [0.4, 0.5) is 0 Å². The van der Waals surface area contributed by atoms with Gasteiger partial charge in [0, 0.05) is 36.3 Å². The molecule has 75 valence electrons. The first kappa shape index (κ1) is 15.0. The number of carbonyl (C=O) groups excluding carboxylic acids is 1. The normalized spacial score (nSPS) is 9.29. The van der Waals surface area contributed by atoms with E-state index in [2.05, 4.69) is 34.8 Å². The Balaban J connectivity index is 0.00000169. The largest absolute Gasteiger partial charge is 0.648 e. The van der Waals surface area contributed by atoms with Crippen LogP contribution in [0.2, 0.25) is 0 Å². The molecular weight excluding hydrogens is 386 g/mol. The van der Waals surface area contributed by atoms with Gasteiger partial charge in [-0.2, -0.15) is 0 Å². The van der Waals surface area contributed by atoms with E-state index in [4.69, 9.17) is 0 Å². The molecule has 0 aliphatic heterocycles. The number of nitrogens with zero attached hydrogens (tertiary/aromatic N) is 1. The predicted octanol–water partition coefficient (Wildman–Crippen LogP) is 3.66. The van der Waals surface area contributed by atoms with Crippen molar-refractivity contribution in [3.8, 4) is 0 Å². The van der Waals surface area contributed by atoms with Crippen LogP contribution in [0.25, 0.3) is 5.32 Å². The second kappa shape index (κ2) is 8.19. The molecule has 0 aromatic carbocycles. The van der Waals surface area contributed by atoms with Crippen molar-refractivity contribution in [2.75, 3.05) is 6.54 Å². The Labute approximate surface area is 127 Å². The molecule has 0 saturated carbocycles. The zero-order valence-electron chi connectivity index (χ0n) is 8.00. The SMILES string of the molecule is CCCC[N-]C(=O)c1sccc1I.[Y]. The second-order valence-corrected chi connectivity index (χ2v) is 4.72. The van der Waals surface area contributed by atoms with Crippen LogP contribution < -0.4 is 0 Å². The van der Waals surface area contributed by atoms with Gasteiger partial charge in [0.2, 0.25) is 0 Å². The van der Waals surface area contributed by atoms with Crippen LogP contribution >= 0.6 is 33.9 Å². The minimum Gasteiger partial charge on any atom is -0.648 e. The van der Waals surface area contributed by atoms with E-state index < -0.39 is 0 Å². The third-order valence-corrected chi connectivity index (χ3v) is 3.75. The summed E-state index contributed by atoms with van der Waals surface area (Å²) < 4.78 is 1.01. The fraction of sp³-hybridized carbons (Fsp3) is 0.444. The zero-order valence-corrected chi connectivity index (χ0v) is 13.8. The van der Waals surface area contributed by atoms with Gasteiger partial charge in [-0.15, -0.1) is 17.9 Å². The molecule has 0 atom stereocenters. The summed E-state index contributed by atoms with van der Waals surface area (Å²) in [5.74, 6) is -0.0622. The molecule has 1 aromatic rings. The fourth-order valence-corrected chi connectivity index (χ4v) is 2.58. The summed E-state index contributed by atoms with van der Waals surface area (Å²) >= 11 is 3.63. The van der Waals surface area contributed by atoms with Gasteiger partial charge >= 0.3 is 0 Å². The quantitative estimate of drug-likeness (QED) is 0.564. The number of amides is 1. The molecule has 0 saturated heterocycles. The Morgan fingerprint density at radius 2 is 2.36 bits per heavy atom. The molecule has 0 aliphatic carbocycles. The van der Waals surface area contributed by atoms with Gasteiger partial charge in [0.15, 0.2) is 0 Å². The van der Waals surface area contributed by atoms with E-state index in [0.717, 1.165) is 21.3 Å². The van der Waals surface area contributed by atoms with Gasteiger partial charge in [0.05, 0.1) is 10.8 Å². The Hall–Kier alpha value is 1.00. The molecule has 1 radical (unpaired) electrons. The third-order valence-electron chi connectivity index (χ3n) is 1.58. The van der Waals surface area contributed by atoms with Crippen LogP contribution in [0.1, 0.15) is 29.4 Å². The van der Waals surface area contributed by atoms with Crippen molar-refractivity contribution in [2.45, 2.75) is 19.8 Å². The van der Waals surface area contributed by atoms with E-state index in [0.29, 0.717) is 6.54 Å². The number of thiophene rings is 1. The zero-order chi connectivity index (χ0) is 9.68. The molecule has 0 spiro atoms. The summed E-state index contributed by atoms with van der Waals surface area (Å²) in [7, 11) is 0. The molecule has 1 rings (SSSR count). The first-order chi connectivity index (χ1) is 6.25. The van der Waals surface area contributed by atoms with Crippen molar-refractivity contribution in [3.05, 3.63) is 25.2 Å². The minimum absolute atomic E-state index is 0. The van der Waals surface area contributed by atoms with Crippen molar-refractivity contribution < 1.29 is 37.5 Å². The maximum atomic E-state index is 11.4. The van der Waals surface area contributed by atoms with Crippen molar-refractivity contribution in [1.82, 2.24) is 0 Å². The van der Waals surface area contributed by atoms with E-state index in [1.165, 1.54) is 11.3 Å². The maximum absolute atomic E-state index is 11.4. The molecule has 5 heteroatoms. The van der Waals surface area contributed by atoms with Crippen LogP contribution in [-0.4, -0.2) is 12.5 Å². The van der Waals surface area contributed by atoms with Crippen molar-refractivity contribution >= 4 is 39.8 Å². The molecule has 1 amide bonds. The van der Waals surface area contributed by atoms with Gasteiger partial charge in [0.1, 0.15) is 0 Å². The molecule has 0 aliphatic rings. The Kier molecular flexibility index (Phi) is 8.78. The van der Waals surface area contributed by atoms with Crippen LogP contribution in [0.15, 0.2) is 11.4 Å². The Bertz CT molecular complexity index is 290. The fourth-order valence-electron chi connectivity index (χ4n) is 0.857. The Morgan fingerprint density at radius 1 is 1.64 bits per heavy atom. The molecule has 2 nitrogen and oxygen atoms in total. The summed E-state index contributed by atoms with van der Waals surface area (Å²) in [5, 5.41) is 5.90. The molecule has 0 unspecified atom stereocenters. The summed E-state index contributed by atoms with van der Waals surface area (Å²) in [6.45, 7) is 2.75. The summed E-state index contributed by atoms with van der Waals surface area (Å²) in [5.41, 5.74) is 0. The first-order valence-electron chi connectivity index (χ1n) is 4.20. The topological polar surface area (TPSA) is 31.2 Å². The molecular formula is C9H11INOSY-. The van der Waals surface area contributed by atoms with E-state index >= 15 is 0 Å². The van der Waals surface area contributed by atoms with Crippen LogP contribution in [-0.2, 0) is 32.7 Å². The standard InChI is InChI=1S/C9H12INOS.Y/c1-2-3-5-11-9(12)8-7(10)4-6-13-8;/h4,6H,2-3,5H2,1H3,(H,11,12);/p-1. The van der Waals surface area contributed by atoms with Crippen molar-refractivity contribution in [3.63, 3.8) is 0 Å². The third kappa shape index (κ3) is 4.68. The molecule has 0 N–H and O–H groups in total. The molecule has 0 bridgehead atoms. The Morgan fingerprint density at radius 3 is 2.86 bits per heavy atom. The minimum atomic E-state index is -0.0622. The number of halogens is 1. The average molecular weight is 397 g/mol. The van der Waals surface area contributed by atoms with Crippen LogP contribution in [0.3, 0.4) is 0 Å². The number of carbonyl (C=O) groups is 1. The first-order valence-corrected chi connectivity index (χ1v) is 6.16. The van der Waals surface area contributed by atoms with E-state index in [1.54, 1.807) is 0 Å². The van der Waals surface area contributed by atoms with Gasteiger partial charge in [-0.05, 0) is 34.0 Å². The van der Waals surface area contributed by atoms with Crippen molar-refractivity contribution in [1.29, 1.82) is 0 Å².